The van der Waals surface area contributed by atoms with Crippen molar-refractivity contribution in [1.82, 2.24) is 5.32 Å². The lowest BCUT2D eigenvalue weighted by atomic mass is 10.1. The molecule has 1 atom stereocenters. The number of halogens is 1. The molecule has 1 N–H and O–H groups in total. The van der Waals surface area contributed by atoms with E-state index in [1.165, 1.54) is 28.4 Å². The summed E-state index contributed by atoms with van der Waals surface area (Å²) in [7, 11) is 0. The maximum absolute atomic E-state index is 5.56. The Balaban J connectivity index is 1.78. The monoisotopic (exact) mass is 283 g/mol. The molecule has 1 unspecified atom stereocenters. The number of rotatable bonds is 4. The van der Waals surface area contributed by atoms with Crippen LogP contribution in [0.15, 0.2) is 22.7 Å². The Labute approximate surface area is 106 Å². The van der Waals surface area contributed by atoms with Gasteiger partial charge in [0.25, 0.3) is 0 Å². The van der Waals surface area contributed by atoms with E-state index in [4.69, 9.17) is 4.74 Å². The summed E-state index contributed by atoms with van der Waals surface area (Å²) in [4.78, 5) is 0. The fraction of sp³-hybridized carbons (Fsp3) is 0.538. The molecule has 1 aromatic rings. The zero-order valence-corrected chi connectivity index (χ0v) is 11.2. The van der Waals surface area contributed by atoms with Gasteiger partial charge < -0.3 is 10.1 Å². The summed E-state index contributed by atoms with van der Waals surface area (Å²) in [6.45, 7) is 4.92. The van der Waals surface area contributed by atoms with Crippen molar-refractivity contribution < 1.29 is 4.74 Å². The Bertz CT molecular complexity index is 348. The zero-order chi connectivity index (χ0) is 11.4. The molecule has 3 heteroatoms. The van der Waals surface area contributed by atoms with Gasteiger partial charge in [-0.1, -0.05) is 28.1 Å². The van der Waals surface area contributed by atoms with Crippen molar-refractivity contribution in [3.63, 3.8) is 0 Å². The van der Waals surface area contributed by atoms with Crippen LogP contribution in [0, 0.1) is 6.92 Å². The summed E-state index contributed by atoms with van der Waals surface area (Å²) in [5, 5.41) is 3.44. The number of hydrogen-bond donors (Lipinski definition) is 1. The molecule has 1 aliphatic rings. The van der Waals surface area contributed by atoms with Crippen molar-refractivity contribution in [2.45, 2.75) is 32.4 Å². The highest BCUT2D eigenvalue weighted by molar-refractivity contribution is 9.10. The number of aryl methyl sites for hydroxylation is 1. The first-order valence-electron chi connectivity index (χ1n) is 5.83. The number of ether oxygens (including phenoxy) is 1. The zero-order valence-electron chi connectivity index (χ0n) is 9.63. The van der Waals surface area contributed by atoms with Gasteiger partial charge in [0, 0.05) is 24.2 Å². The molecule has 0 saturated carbocycles. The van der Waals surface area contributed by atoms with Gasteiger partial charge in [0.1, 0.15) is 0 Å². The first-order chi connectivity index (χ1) is 7.75. The average molecular weight is 284 g/mol. The molecule has 2 rings (SSSR count). The van der Waals surface area contributed by atoms with Gasteiger partial charge in [-0.25, -0.2) is 0 Å². The molecule has 88 valence electrons. The highest BCUT2D eigenvalue weighted by Crippen LogP contribution is 2.17. The van der Waals surface area contributed by atoms with Crippen molar-refractivity contribution in [2.75, 3.05) is 13.2 Å². The predicted octanol–water partition coefficient (Wildman–Crippen LogP) is 3.03. The predicted molar refractivity (Wildman–Crippen MR) is 69.6 cm³/mol. The summed E-state index contributed by atoms with van der Waals surface area (Å²) in [6.07, 6.45) is 2.83. The first kappa shape index (κ1) is 12.1. The normalized spacial score (nSPS) is 20.2. The molecule has 1 saturated heterocycles. The van der Waals surface area contributed by atoms with E-state index < -0.39 is 0 Å². The van der Waals surface area contributed by atoms with Crippen molar-refractivity contribution >= 4 is 15.9 Å². The van der Waals surface area contributed by atoms with Crippen LogP contribution in [-0.4, -0.2) is 19.3 Å². The van der Waals surface area contributed by atoms with Crippen molar-refractivity contribution in [1.29, 1.82) is 0 Å². The maximum atomic E-state index is 5.56. The highest BCUT2D eigenvalue weighted by atomic mass is 79.9. The molecule has 0 spiro atoms. The molecule has 0 aliphatic carbocycles. The lowest BCUT2D eigenvalue weighted by Crippen LogP contribution is -2.25. The SMILES string of the molecule is Cc1ccc(CNCC2CCCO2)cc1Br. The number of nitrogens with one attached hydrogen (secondary N) is 1. The highest BCUT2D eigenvalue weighted by Gasteiger charge is 2.14. The minimum absolute atomic E-state index is 0.425. The van der Waals surface area contributed by atoms with Crippen LogP contribution in [0.1, 0.15) is 24.0 Å². The molecular weight excluding hydrogens is 266 g/mol. The second-order valence-electron chi connectivity index (χ2n) is 4.35. The van der Waals surface area contributed by atoms with E-state index in [1.807, 2.05) is 0 Å². The number of hydrogen-bond acceptors (Lipinski definition) is 2. The minimum Gasteiger partial charge on any atom is -0.377 e. The Morgan fingerprint density at radius 3 is 3.06 bits per heavy atom. The topological polar surface area (TPSA) is 21.3 Å². The van der Waals surface area contributed by atoms with Crippen LogP contribution in [0.2, 0.25) is 0 Å². The molecule has 1 fully saturated rings. The van der Waals surface area contributed by atoms with E-state index >= 15 is 0 Å². The third kappa shape index (κ3) is 3.30. The second-order valence-corrected chi connectivity index (χ2v) is 5.20. The minimum atomic E-state index is 0.425. The summed E-state index contributed by atoms with van der Waals surface area (Å²) in [6, 6.07) is 6.49. The van der Waals surface area contributed by atoms with E-state index in [1.54, 1.807) is 0 Å². The standard InChI is InChI=1S/C13H18BrNO/c1-10-4-5-11(7-13(10)14)8-15-9-12-3-2-6-16-12/h4-5,7,12,15H,2-3,6,8-9H2,1H3. The van der Waals surface area contributed by atoms with E-state index in [2.05, 4.69) is 46.4 Å². The molecule has 16 heavy (non-hydrogen) atoms. The quantitative estimate of drug-likeness (QED) is 0.917. The lowest BCUT2D eigenvalue weighted by molar-refractivity contribution is 0.110. The van der Waals surface area contributed by atoms with E-state index in [0.29, 0.717) is 6.10 Å². The molecule has 1 aromatic carbocycles. The van der Waals surface area contributed by atoms with Crippen molar-refractivity contribution in [3.05, 3.63) is 33.8 Å². The maximum Gasteiger partial charge on any atom is 0.0700 e. The molecule has 0 aromatic heterocycles. The molecule has 0 radical (unpaired) electrons. The van der Waals surface area contributed by atoms with Crippen LogP contribution in [0.3, 0.4) is 0 Å². The van der Waals surface area contributed by atoms with E-state index in [0.717, 1.165) is 19.7 Å². The first-order valence-corrected chi connectivity index (χ1v) is 6.62. The Hall–Kier alpha value is -0.380. The van der Waals surface area contributed by atoms with Gasteiger partial charge in [0.2, 0.25) is 0 Å². The van der Waals surface area contributed by atoms with Gasteiger partial charge in [0.05, 0.1) is 6.10 Å². The number of benzene rings is 1. The van der Waals surface area contributed by atoms with Gasteiger partial charge in [0.15, 0.2) is 0 Å². The smallest absolute Gasteiger partial charge is 0.0700 e. The van der Waals surface area contributed by atoms with Gasteiger partial charge in [-0.2, -0.15) is 0 Å². The molecule has 2 nitrogen and oxygen atoms in total. The Morgan fingerprint density at radius 1 is 1.50 bits per heavy atom. The summed E-state index contributed by atoms with van der Waals surface area (Å²) in [5.41, 5.74) is 2.60. The van der Waals surface area contributed by atoms with Gasteiger partial charge >= 0.3 is 0 Å². The Morgan fingerprint density at radius 2 is 2.38 bits per heavy atom. The van der Waals surface area contributed by atoms with Gasteiger partial charge in [-0.3, -0.25) is 0 Å². The third-order valence-corrected chi connectivity index (χ3v) is 3.82. The molecule has 0 amide bonds. The van der Waals surface area contributed by atoms with Crippen molar-refractivity contribution in [3.8, 4) is 0 Å². The van der Waals surface area contributed by atoms with Gasteiger partial charge in [-0.15, -0.1) is 0 Å². The fourth-order valence-corrected chi connectivity index (χ4v) is 2.36. The summed E-state index contributed by atoms with van der Waals surface area (Å²) in [5.74, 6) is 0. The molecule has 1 heterocycles. The van der Waals surface area contributed by atoms with E-state index in [9.17, 15) is 0 Å². The third-order valence-electron chi connectivity index (χ3n) is 2.96. The van der Waals surface area contributed by atoms with Crippen LogP contribution in [-0.2, 0) is 11.3 Å². The largest absolute Gasteiger partial charge is 0.377 e. The molecular formula is C13H18BrNO. The van der Waals surface area contributed by atoms with Gasteiger partial charge in [-0.05, 0) is 37.0 Å². The summed E-state index contributed by atoms with van der Waals surface area (Å²) < 4.78 is 6.75. The van der Waals surface area contributed by atoms with Crippen LogP contribution in [0.4, 0.5) is 0 Å². The fourth-order valence-electron chi connectivity index (χ4n) is 1.93. The van der Waals surface area contributed by atoms with Crippen LogP contribution in [0.25, 0.3) is 0 Å². The van der Waals surface area contributed by atoms with Crippen LogP contribution >= 0.6 is 15.9 Å². The van der Waals surface area contributed by atoms with Crippen LogP contribution in [0.5, 0.6) is 0 Å². The van der Waals surface area contributed by atoms with Crippen molar-refractivity contribution in [2.24, 2.45) is 0 Å². The second kappa shape index (κ2) is 5.80. The van der Waals surface area contributed by atoms with E-state index in [-0.39, 0.29) is 0 Å². The van der Waals surface area contributed by atoms with Crippen LogP contribution < -0.4 is 5.32 Å². The summed E-state index contributed by atoms with van der Waals surface area (Å²) >= 11 is 3.55. The lowest BCUT2D eigenvalue weighted by Gasteiger charge is -2.11. The Kier molecular flexibility index (Phi) is 4.38. The average Bonchev–Trinajstić information content (AvgIpc) is 2.76. The molecule has 0 bridgehead atoms. The molecule has 1 aliphatic heterocycles.